The van der Waals surface area contributed by atoms with Gasteiger partial charge in [-0.3, -0.25) is 0 Å². The second-order valence-corrected chi connectivity index (χ2v) is 13.8. The SMILES string of the molecule is CC(C)(C)[Si](C)(C)O[C@@H](c1ccccc1)[C@H](N=[N+]=[N-])c1nc(Br)cs1. The summed E-state index contributed by atoms with van der Waals surface area (Å²) in [6.07, 6.45) is -0.365. The van der Waals surface area contributed by atoms with Crippen molar-refractivity contribution in [1.82, 2.24) is 4.98 Å². The number of benzene rings is 1. The first-order valence-corrected chi connectivity index (χ1v) is 12.6. The zero-order valence-electron chi connectivity index (χ0n) is 15.1. The molecule has 1 heterocycles. The van der Waals surface area contributed by atoms with Crippen LogP contribution in [-0.2, 0) is 4.43 Å². The molecule has 0 bridgehead atoms. The van der Waals surface area contributed by atoms with Gasteiger partial charge in [-0.1, -0.05) is 56.2 Å². The van der Waals surface area contributed by atoms with Gasteiger partial charge in [0.1, 0.15) is 15.7 Å². The van der Waals surface area contributed by atoms with Crippen LogP contribution in [-0.4, -0.2) is 13.3 Å². The molecule has 0 spiro atoms. The number of azide groups is 1. The number of aromatic nitrogens is 1. The van der Waals surface area contributed by atoms with E-state index in [-0.39, 0.29) is 11.1 Å². The van der Waals surface area contributed by atoms with E-state index < -0.39 is 14.4 Å². The fourth-order valence-corrected chi connectivity index (χ4v) is 4.72. The van der Waals surface area contributed by atoms with Gasteiger partial charge in [-0.25, -0.2) is 4.98 Å². The molecule has 134 valence electrons. The first-order chi connectivity index (χ1) is 11.7. The van der Waals surface area contributed by atoms with Gasteiger partial charge in [0.05, 0.1) is 6.10 Å². The zero-order valence-corrected chi connectivity index (χ0v) is 18.5. The Kier molecular flexibility index (Phi) is 6.45. The van der Waals surface area contributed by atoms with Crippen LogP contribution in [0.5, 0.6) is 0 Å². The molecule has 8 heteroatoms. The first-order valence-electron chi connectivity index (χ1n) is 8.03. The highest BCUT2D eigenvalue weighted by Gasteiger charge is 2.41. The van der Waals surface area contributed by atoms with Crippen molar-refractivity contribution in [1.29, 1.82) is 0 Å². The molecule has 0 saturated heterocycles. The van der Waals surface area contributed by atoms with Gasteiger partial charge < -0.3 is 4.43 Å². The van der Waals surface area contributed by atoms with Gasteiger partial charge in [0, 0.05) is 10.3 Å². The quantitative estimate of drug-likeness (QED) is 0.210. The van der Waals surface area contributed by atoms with Crippen molar-refractivity contribution in [2.45, 2.75) is 51.0 Å². The summed E-state index contributed by atoms with van der Waals surface area (Å²) in [4.78, 5) is 7.55. The van der Waals surface area contributed by atoms with E-state index in [4.69, 9.17) is 9.96 Å². The third-order valence-corrected chi connectivity index (χ3v) is 10.6. The van der Waals surface area contributed by atoms with Crippen LogP contribution in [0.4, 0.5) is 0 Å². The average Bonchev–Trinajstić information content (AvgIpc) is 2.96. The maximum atomic E-state index is 9.14. The Hall–Kier alpha value is -1.18. The molecule has 0 unspecified atom stereocenters. The van der Waals surface area contributed by atoms with Crippen molar-refractivity contribution in [3.05, 3.63) is 61.3 Å². The Morgan fingerprint density at radius 1 is 1.28 bits per heavy atom. The predicted molar refractivity (Wildman–Crippen MR) is 109 cm³/mol. The van der Waals surface area contributed by atoms with Crippen LogP contribution in [0, 0.1) is 0 Å². The molecule has 0 saturated carbocycles. The minimum absolute atomic E-state index is 0.0460. The molecule has 0 radical (unpaired) electrons. The van der Waals surface area contributed by atoms with E-state index in [1.54, 1.807) is 0 Å². The number of hydrogen-bond acceptors (Lipinski definition) is 4. The maximum Gasteiger partial charge on any atom is 0.192 e. The molecule has 1 aromatic carbocycles. The Morgan fingerprint density at radius 2 is 1.92 bits per heavy atom. The standard InChI is InChI=1S/C17H23BrN4OSSi/c1-17(2,3)25(4,5)23-15(12-9-7-6-8-10-12)14(21-22-19)16-20-13(18)11-24-16/h6-11,14-15H,1-5H3/t14-,15-/m0/s1. The van der Waals surface area contributed by atoms with Crippen molar-refractivity contribution in [3.8, 4) is 0 Å². The minimum Gasteiger partial charge on any atom is -0.409 e. The molecule has 0 aliphatic carbocycles. The van der Waals surface area contributed by atoms with Crippen molar-refractivity contribution >= 4 is 35.6 Å². The summed E-state index contributed by atoms with van der Waals surface area (Å²) in [5.41, 5.74) is 10.1. The summed E-state index contributed by atoms with van der Waals surface area (Å²) in [5.74, 6) is 0. The summed E-state index contributed by atoms with van der Waals surface area (Å²) < 4.78 is 7.43. The highest BCUT2D eigenvalue weighted by molar-refractivity contribution is 9.10. The third kappa shape index (κ3) is 4.92. The fourth-order valence-electron chi connectivity index (χ4n) is 2.15. The number of halogens is 1. The van der Waals surface area contributed by atoms with E-state index in [9.17, 15) is 0 Å². The Balaban J connectivity index is 2.51. The van der Waals surface area contributed by atoms with Crippen LogP contribution in [0.1, 0.15) is 43.5 Å². The molecular weight excluding hydrogens is 416 g/mol. The molecule has 2 aromatic rings. The van der Waals surface area contributed by atoms with Crippen LogP contribution in [0.3, 0.4) is 0 Å². The van der Waals surface area contributed by atoms with Gasteiger partial charge in [-0.15, -0.1) is 11.3 Å². The molecule has 5 nitrogen and oxygen atoms in total. The fraction of sp³-hybridized carbons (Fsp3) is 0.471. The summed E-state index contributed by atoms with van der Waals surface area (Å²) in [7, 11) is -2.09. The highest BCUT2D eigenvalue weighted by Crippen LogP contribution is 2.45. The monoisotopic (exact) mass is 438 g/mol. The van der Waals surface area contributed by atoms with Crippen molar-refractivity contribution in [2.75, 3.05) is 0 Å². The molecule has 0 amide bonds. The number of nitrogens with zero attached hydrogens (tertiary/aromatic N) is 4. The lowest BCUT2D eigenvalue weighted by Crippen LogP contribution is -2.42. The lowest BCUT2D eigenvalue weighted by Gasteiger charge is -2.40. The smallest absolute Gasteiger partial charge is 0.192 e. The number of thiazole rings is 1. The number of hydrogen-bond donors (Lipinski definition) is 0. The summed E-state index contributed by atoms with van der Waals surface area (Å²) in [6, 6.07) is 9.44. The van der Waals surface area contributed by atoms with Crippen LogP contribution in [0.25, 0.3) is 10.4 Å². The van der Waals surface area contributed by atoms with Gasteiger partial charge in [0.15, 0.2) is 8.32 Å². The summed E-state index contributed by atoms with van der Waals surface area (Å²) in [6.45, 7) is 11.0. The van der Waals surface area contributed by atoms with E-state index in [0.29, 0.717) is 0 Å². The van der Waals surface area contributed by atoms with Gasteiger partial charge in [0.2, 0.25) is 0 Å². The highest BCUT2D eigenvalue weighted by atomic mass is 79.9. The molecule has 0 fully saturated rings. The first kappa shape index (κ1) is 20.1. The Bertz CT molecular complexity index is 754. The molecule has 2 rings (SSSR count). The lowest BCUT2D eigenvalue weighted by atomic mass is 10.0. The number of rotatable bonds is 6. The van der Waals surface area contributed by atoms with E-state index >= 15 is 0 Å². The minimum atomic E-state index is -2.09. The van der Waals surface area contributed by atoms with E-state index in [0.717, 1.165) is 15.2 Å². The zero-order chi connectivity index (χ0) is 18.7. The third-order valence-electron chi connectivity index (χ3n) is 4.57. The maximum absolute atomic E-state index is 9.14. The molecule has 0 N–H and O–H groups in total. The Labute approximate surface area is 162 Å². The van der Waals surface area contributed by atoms with Gasteiger partial charge in [-0.05, 0) is 45.2 Å². The molecule has 2 atom stereocenters. The lowest BCUT2D eigenvalue weighted by molar-refractivity contribution is 0.154. The molecular formula is C17H23BrN4OSSi. The van der Waals surface area contributed by atoms with E-state index in [2.05, 4.69) is 64.8 Å². The van der Waals surface area contributed by atoms with E-state index in [1.165, 1.54) is 11.3 Å². The molecule has 0 aliphatic rings. The second-order valence-electron chi connectivity index (χ2n) is 7.37. The second kappa shape index (κ2) is 8.01. The topological polar surface area (TPSA) is 70.9 Å². The molecule has 25 heavy (non-hydrogen) atoms. The largest absolute Gasteiger partial charge is 0.409 e. The van der Waals surface area contributed by atoms with Crippen molar-refractivity contribution in [3.63, 3.8) is 0 Å². The van der Waals surface area contributed by atoms with E-state index in [1.807, 2.05) is 35.7 Å². The van der Waals surface area contributed by atoms with Crippen LogP contribution >= 0.6 is 27.3 Å². The van der Waals surface area contributed by atoms with Crippen molar-refractivity contribution in [2.24, 2.45) is 5.11 Å². The van der Waals surface area contributed by atoms with Crippen LogP contribution in [0.15, 0.2) is 45.4 Å². The predicted octanol–water partition coefficient (Wildman–Crippen LogP) is 7.02. The average molecular weight is 439 g/mol. The molecule has 0 aliphatic heterocycles. The van der Waals surface area contributed by atoms with Gasteiger partial charge in [-0.2, -0.15) is 0 Å². The summed E-state index contributed by atoms with van der Waals surface area (Å²) in [5, 5.41) is 6.74. The van der Waals surface area contributed by atoms with Crippen LogP contribution < -0.4 is 0 Å². The van der Waals surface area contributed by atoms with Crippen LogP contribution in [0.2, 0.25) is 18.1 Å². The summed E-state index contributed by atoms with van der Waals surface area (Å²) >= 11 is 4.85. The van der Waals surface area contributed by atoms with Crippen molar-refractivity contribution < 1.29 is 4.43 Å². The molecule has 1 aromatic heterocycles. The normalized spacial score (nSPS) is 14.6. The van der Waals surface area contributed by atoms with Gasteiger partial charge >= 0.3 is 0 Å². The Morgan fingerprint density at radius 3 is 2.40 bits per heavy atom. The van der Waals surface area contributed by atoms with Gasteiger partial charge in [0.25, 0.3) is 0 Å².